The molecule has 6 rings (SSSR count). The van der Waals surface area contributed by atoms with Crippen molar-refractivity contribution in [2.45, 2.75) is 25.8 Å². The van der Waals surface area contributed by atoms with Gasteiger partial charge in [0.1, 0.15) is 11.5 Å². The van der Waals surface area contributed by atoms with Gasteiger partial charge in [-0.1, -0.05) is 65.9 Å². The Labute approximate surface area is 183 Å². The number of fused-ring (bicyclic) bond motifs is 3. The third kappa shape index (κ3) is 2.96. The summed E-state index contributed by atoms with van der Waals surface area (Å²) in [5, 5.41) is 0. The first-order chi connectivity index (χ1) is 15.2. The molecular formula is C26H20N2O2S. The Morgan fingerprint density at radius 1 is 1.03 bits per heavy atom. The van der Waals surface area contributed by atoms with Crippen LogP contribution in [0.2, 0.25) is 0 Å². The van der Waals surface area contributed by atoms with E-state index in [9.17, 15) is 4.79 Å². The van der Waals surface area contributed by atoms with Crippen LogP contribution in [0.25, 0.3) is 11.8 Å². The Bertz CT molecular complexity index is 1520. The van der Waals surface area contributed by atoms with E-state index in [1.807, 2.05) is 47.9 Å². The highest BCUT2D eigenvalue weighted by molar-refractivity contribution is 7.07. The van der Waals surface area contributed by atoms with E-state index < -0.39 is 0 Å². The molecule has 4 nitrogen and oxygen atoms in total. The van der Waals surface area contributed by atoms with Gasteiger partial charge in [0.15, 0.2) is 4.80 Å². The molecule has 2 aromatic heterocycles. The van der Waals surface area contributed by atoms with Crippen molar-refractivity contribution in [3.63, 3.8) is 0 Å². The second-order valence-corrected chi connectivity index (χ2v) is 8.98. The topological polar surface area (TPSA) is 47.5 Å². The molecule has 1 aliphatic carbocycles. The van der Waals surface area contributed by atoms with Crippen LogP contribution in [0.1, 0.15) is 40.7 Å². The third-order valence-corrected chi connectivity index (χ3v) is 7.01. The maximum atomic E-state index is 13.5. The number of thiazole rings is 1. The van der Waals surface area contributed by atoms with Gasteiger partial charge in [-0.25, -0.2) is 4.99 Å². The van der Waals surface area contributed by atoms with Crippen LogP contribution in [-0.2, 0) is 6.42 Å². The van der Waals surface area contributed by atoms with Gasteiger partial charge in [-0.3, -0.25) is 9.36 Å². The Morgan fingerprint density at radius 2 is 1.84 bits per heavy atom. The fraction of sp³-hybridized carbons (Fsp3) is 0.154. The average Bonchev–Trinajstić information content (AvgIpc) is 3.35. The van der Waals surface area contributed by atoms with Gasteiger partial charge in [-0.15, -0.1) is 0 Å². The Morgan fingerprint density at radius 3 is 2.65 bits per heavy atom. The minimum absolute atomic E-state index is 0.0166. The van der Waals surface area contributed by atoms with E-state index in [2.05, 4.69) is 36.4 Å². The molecule has 2 aromatic carbocycles. The number of allylic oxidation sites excluding steroid dienone is 1. The van der Waals surface area contributed by atoms with Gasteiger partial charge in [0.2, 0.25) is 0 Å². The zero-order valence-corrected chi connectivity index (χ0v) is 17.9. The second kappa shape index (κ2) is 7.06. The van der Waals surface area contributed by atoms with Crippen LogP contribution in [0.4, 0.5) is 0 Å². The first-order valence-electron chi connectivity index (χ1n) is 10.4. The van der Waals surface area contributed by atoms with E-state index in [0.717, 1.165) is 34.7 Å². The molecule has 5 heteroatoms. The smallest absolute Gasteiger partial charge is 0.271 e. The molecule has 1 atom stereocenters. The molecule has 0 saturated carbocycles. The maximum Gasteiger partial charge on any atom is 0.271 e. The number of aromatic nitrogens is 1. The standard InChI is InChI=1S/C26H20N2O2S/c1-16-11-13-19(30-16)15-22-25(29)28-24(18-8-3-2-4-9-18)21-14-12-17-7-5-6-10-20(17)23(21)27-26(28)31-22/h2-11,13,15,24H,12,14H2,1H3. The van der Waals surface area contributed by atoms with Gasteiger partial charge in [0, 0.05) is 11.6 Å². The lowest BCUT2D eigenvalue weighted by Crippen LogP contribution is -2.38. The average molecular weight is 425 g/mol. The summed E-state index contributed by atoms with van der Waals surface area (Å²) in [6, 6.07) is 22.4. The van der Waals surface area contributed by atoms with Crippen molar-refractivity contribution in [1.29, 1.82) is 0 Å². The summed E-state index contributed by atoms with van der Waals surface area (Å²) in [4.78, 5) is 19.3. The zero-order valence-electron chi connectivity index (χ0n) is 17.0. The first-order valence-corrected chi connectivity index (χ1v) is 11.3. The molecule has 152 valence electrons. The molecule has 1 unspecified atom stereocenters. The van der Waals surface area contributed by atoms with Crippen molar-refractivity contribution in [2.75, 3.05) is 0 Å². The van der Waals surface area contributed by atoms with Crippen LogP contribution >= 0.6 is 11.3 Å². The second-order valence-electron chi connectivity index (χ2n) is 7.97. The molecule has 4 aromatic rings. The molecular weight excluding hydrogens is 404 g/mol. The lowest BCUT2D eigenvalue weighted by Gasteiger charge is -2.30. The molecule has 0 radical (unpaired) electrons. The monoisotopic (exact) mass is 424 g/mol. The maximum absolute atomic E-state index is 13.5. The Balaban J connectivity index is 1.64. The van der Waals surface area contributed by atoms with E-state index in [1.165, 1.54) is 28.0 Å². The summed E-state index contributed by atoms with van der Waals surface area (Å²) in [7, 11) is 0. The number of nitrogens with zero attached hydrogens (tertiary/aromatic N) is 2. The molecule has 0 saturated heterocycles. The molecule has 1 aliphatic heterocycles. The number of hydrogen-bond acceptors (Lipinski definition) is 4. The first kappa shape index (κ1) is 18.3. The number of rotatable bonds is 2. The summed E-state index contributed by atoms with van der Waals surface area (Å²) in [5.41, 5.74) is 5.85. The van der Waals surface area contributed by atoms with Crippen LogP contribution in [0.15, 0.2) is 86.5 Å². The SMILES string of the molecule is Cc1ccc(C=c2sc3n(c2=O)C(c2ccccc2)C2=C(N=3)c3ccccc3CC2)o1. The van der Waals surface area contributed by atoms with Crippen LogP contribution in [-0.4, -0.2) is 4.57 Å². The Kier molecular flexibility index (Phi) is 4.18. The van der Waals surface area contributed by atoms with Gasteiger partial charge in [-0.05, 0) is 48.6 Å². The van der Waals surface area contributed by atoms with Crippen molar-refractivity contribution in [2.24, 2.45) is 4.99 Å². The third-order valence-electron chi connectivity index (χ3n) is 6.02. The quantitative estimate of drug-likeness (QED) is 0.484. The molecule has 0 spiro atoms. The van der Waals surface area contributed by atoms with Crippen molar-refractivity contribution >= 4 is 23.1 Å². The fourth-order valence-electron chi connectivity index (χ4n) is 4.62. The Hall–Kier alpha value is -3.44. The molecule has 31 heavy (non-hydrogen) atoms. The molecule has 3 heterocycles. The van der Waals surface area contributed by atoms with Crippen LogP contribution in [0.3, 0.4) is 0 Å². The summed E-state index contributed by atoms with van der Waals surface area (Å²) in [6.07, 6.45) is 3.69. The highest BCUT2D eigenvalue weighted by atomic mass is 32.1. The highest BCUT2D eigenvalue weighted by Gasteiger charge is 2.32. The van der Waals surface area contributed by atoms with E-state index >= 15 is 0 Å². The van der Waals surface area contributed by atoms with Crippen molar-refractivity contribution in [3.8, 4) is 0 Å². The normalized spacial score (nSPS) is 17.7. The largest absolute Gasteiger partial charge is 0.462 e. The summed E-state index contributed by atoms with van der Waals surface area (Å²) in [5.74, 6) is 1.52. The van der Waals surface area contributed by atoms with Crippen molar-refractivity contribution < 1.29 is 4.42 Å². The number of benzene rings is 2. The van der Waals surface area contributed by atoms with Crippen molar-refractivity contribution in [3.05, 3.63) is 120 Å². The van der Waals surface area contributed by atoms with E-state index in [0.29, 0.717) is 10.3 Å². The molecule has 0 bridgehead atoms. The fourth-order valence-corrected chi connectivity index (χ4v) is 5.60. The van der Waals surface area contributed by atoms with Crippen molar-refractivity contribution in [1.82, 2.24) is 4.57 Å². The molecule has 0 N–H and O–H groups in total. The summed E-state index contributed by atoms with van der Waals surface area (Å²) < 4.78 is 8.20. The number of hydrogen-bond donors (Lipinski definition) is 0. The van der Waals surface area contributed by atoms with Crippen LogP contribution in [0, 0.1) is 6.92 Å². The predicted molar refractivity (Wildman–Crippen MR) is 123 cm³/mol. The lowest BCUT2D eigenvalue weighted by molar-refractivity contribution is 0.524. The van der Waals surface area contributed by atoms with Gasteiger partial charge in [0.05, 0.1) is 16.3 Å². The summed E-state index contributed by atoms with van der Waals surface area (Å²) >= 11 is 1.43. The number of aryl methyl sites for hydroxylation is 2. The van der Waals surface area contributed by atoms with Gasteiger partial charge < -0.3 is 4.42 Å². The minimum Gasteiger partial charge on any atom is -0.462 e. The van der Waals surface area contributed by atoms with Crippen LogP contribution in [0.5, 0.6) is 0 Å². The molecule has 0 fully saturated rings. The molecule has 0 amide bonds. The zero-order chi connectivity index (χ0) is 20.9. The number of furan rings is 1. The lowest BCUT2D eigenvalue weighted by atomic mass is 9.83. The van der Waals surface area contributed by atoms with Crippen LogP contribution < -0.4 is 14.9 Å². The highest BCUT2D eigenvalue weighted by Crippen LogP contribution is 2.41. The minimum atomic E-state index is -0.138. The van der Waals surface area contributed by atoms with Gasteiger partial charge in [0.25, 0.3) is 5.56 Å². The summed E-state index contributed by atoms with van der Waals surface area (Å²) in [6.45, 7) is 1.90. The predicted octanol–water partition coefficient (Wildman–Crippen LogP) is 4.22. The van der Waals surface area contributed by atoms with E-state index in [4.69, 9.17) is 9.41 Å². The van der Waals surface area contributed by atoms with Gasteiger partial charge in [-0.2, -0.15) is 0 Å². The van der Waals surface area contributed by atoms with E-state index in [-0.39, 0.29) is 11.6 Å². The molecule has 2 aliphatic rings. The van der Waals surface area contributed by atoms with E-state index in [1.54, 1.807) is 0 Å². The van der Waals surface area contributed by atoms with Gasteiger partial charge >= 0.3 is 0 Å².